The molecule has 0 radical (unpaired) electrons. The van der Waals surface area contributed by atoms with Crippen molar-refractivity contribution in [3.05, 3.63) is 22.5 Å². The summed E-state index contributed by atoms with van der Waals surface area (Å²) < 4.78 is 7.00. The first-order valence-electron chi connectivity index (χ1n) is 8.46. The van der Waals surface area contributed by atoms with Gasteiger partial charge in [0, 0.05) is 31.7 Å². The second-order valence-corrected chi connectivity index (χ2v) is 6.12. The number of hydrogen-bond donors (Lipinski definition) is 3. The van der Waals surface area contributed by atoms with Gasteiger partial charge in [-0.3, -0.25) is 19.8 Å². The van der Waals surface area contributed by atoms with E-state index < -0.39 is 4.92 Å². The predicted molar refractivity (Wildman–Crippen MR) is 92.4 cm³/mol. The van der Waals surface area contributed by atoms with Gasteiger partial charge in [0.05, 0.1) is 24.6 Å². The van der Waals surface area contributed by atoms with Crippen LogP contribution >= 0.6 is 0 Å². The zero-order valence-corrected chi connectivity index (χ0v) is 14.5. The fourth-order valence-corrected chi connectivity index (χ4v) is 2.73. The standard InChI is InChI=1S/C15H26N6O4/c1-2-16-14(18-11-15(3-7-22)4-8-25-12-15)17-5-6-20-10-13(9-19-20)21(23)24/h9-10,22H,2-8,11-12H2,1H3,(H2,16,17,18). The molecule has 10 nitrogen and oxygen atoms in total. The summed E-state index contributed by atoms with van der Waals surface area (Å²) >= 11 is 0. The number of aromatic nitrogens is 2. The van der Waals surface area contributed by atoms with E-state index in [-0.39, 0.29) is 17.7 Å². The Balaban J connectivity index is 1.87. The molecule has 2 heterocycles. The average Bonchev–Trinajstić information content (AvgIpc) is 3.23. The third kappa shape index (κ3) is 5.68. The van der Waals surface area contributed by atoms with Gasteiger partial charge in [-0.2, -0.15) is 5.10 Å². The molecule has 1 atom stereocenters. The van der Waals surface area contributed by atoms with Gasteiger partial charge in [0.1, 0.15) is 12.4 Å². The summed E-state index contributed by atoms with van der Waals surface area (Å²) in [4.78, 5) is 14.8. The fraction of sp³-hybridized carbons (Fsp3) is 0.733. The number of aliphatic imine (C=N–C) groups is 1. The van der Waals surface area contributed by atoms with Crippen LogP contribution in [0.25, 0.3) is 0 Å². The first-order valence-corrected chi connectivity index (χ1v) is 8.46. The fourth-order valence-electron chi connectivity index (χ4n) is 2.73. The highest BCUT2D eigenvalue weighted by Crippen LogP contribution is 2.32. The number of ether oxygens (including phenoxy) is 1. The second kappa shape index (κ2) is 9.33. The molecule has 1 unspecified atom stereocenters. The number of aliphatic hydroxyl groups is 1. The Morgan fingerprint density at radius 3 is 3.04 bits per heavy atom. The van der Waals surface area contributed by atoms with E-state index in [4.69, 9.17) is 4.74 Å². The molecular weight excluding hydrogens is 328 g/mol. The van der Waals surface area contributed by atoms with Crippen molar-refractivity contribution in [2.45, 2.75) is 26.3 Å². The number of nitro groups is 1. The van der Waals surface area contributed by atoms with Gasteiger partial charge in [-0.25, -0.2) is 0 Å². The zero-order chi connectivity index (χ0) is 18.1. The maximum atomic E-state index is 10.7. The molecule has 0 aromatic carbocycles. The van der Waals surface area contributed by atoms with E-state index in [1.165, 1.54) is 17.1 Å². The lowest BCUT2D eigenvalue weighted by Crippen LogP contribution is -2.40. The molecule has 0 spiro atoms. The second-order valence-electron chi connectivity index (χ2n) is 6.12. The van der Waals surface area contributed by atoms with Gasteiger partial charge in [0.2, 0.25) is 0 Å². The SMILES string of the molecule is CCNC(=NCC1(CCO)CCOC1)NCCn1cc([N+](=O)[O-])cn1. The molecule has 1 aromatic rings. The van der Waals surface area contributed by atoms with Gasteiger partial charge < -0.3 is 20.5 Å². The Kier molecular flexibility index (Phi) is 7.14. The molecule has 1 aromatic heterocycles. The van der Waals surface area contributed by atoms with Gasteiger partial charge in [-0.05, 0) is 19.8 Å². The Labute approximate surface area is 146 Å². The molecule has 0 bridgehead atoms. The third-order valence-electron chi connectivity index (χ3n) is 4.21. The lowest BCUT2D eigenvalue weighted by molar-refractivity contribution is -0.385. The zero-order valence-electron chi connectivity index (χ0n) is 14.5. The summed E-state index contributed by atoms with van der Waals surface area (Å²) in [5, 5.41) is 30.3. The molecule has 10 heteroatoms. The number of nitrogens with one attached hydrogen (secondary N) is 2. The number of aliphatic hydroxyl groups excluding tert-OH is 1. The van der Waals surface area contributed by atoms with Crippen LogP contribution in [0.2, 0.25) is 0 Å². The minimum atomic E-state index is -0.466. The highest BCUT2D eigenvalue weighted by molar-refractivity contribution is 5.79. The van der Waals surface area contributed by atoms with Gasteiger partial charge in [-0.1, -0.05) is 0 Å². The van der Waals surface area contributed by atoms with Crippen LogP contribution in [0.1, 0.15) is 19.8 Å². The van der Waals surface area contributed by atoms with Gasteiger partial charge in [-0.15, -0.1) is 0 Å². The molecule has 0 amide bonds. The summed E-state index contributed by atoms with van der Waals surface area (Å²) in [6, 6.07) is 0. The molecule has 1 aliphatic rings. The summed E-state index contributed by atoms with van der Waals surface area (Å²) in [5.41, 5.74) is -0.118. The minimum Gasteiger partial charge on any atom is -0.396 e. The molecule has 1 aliphatic heterocycles. The van der Waals surface area contributed by atoms with Crippen LogP contribution < -0.4 is 10.6 Å². The predicted octanol–water partition coefficient (Wildman–Crippen LogP) is 0.136. The molecule has 140 valence electrons. The topological polar surface area (TPSA) is 127 Å². The Bertz CT molecular complexity index is 582. The lowest BCUT2D eigenvalue weighted by atomic mass is 9.84. The maximum Gasteiger partial charge on any atom is 0.306 e. The van der Waals surface area contributed by atoms with Crippen molar-refractivity contribution in [3.8, 4) is 0 Å². The Morgan fingerprint density at radius 1 is 1.60 bits per heavy atom. The molecule has 25 heavy (non-hydrogen) atoms. The number of nitrogens with zero attached hydrogens (tertiary/aromatic N) is 4. The van der Waals surface area contributed by atoms with E-state index in [1.807, 2.05) is 6.92 Å². The van der Waals surface area contributed by atoms with E-state index in [2.05, 4.69) is 20.7 Å². The largest absolute Gasteiger partial charge is 0.396 e. The van der Waals surface area contributed by atoms with Crippen molar-refractivity contribution in [1.82, 2.24) is 20.4 Å². The average molecular weight is 354 g/mol. The summed E-state index contributed by atoms with van der Waals surface area (Å²) in [6.07, 6.45) is 4.20. The van der Waals surface area contributed by atoms with Crippen molar-refractivity contribution in [2.24, 2.45) is 10.4 Å². The minimum absolute atomic E-state index is 0.0206. The normalized spacial score (nSPS) is 20.6. The summed E-state index contributed by atoms with van der Waals surface area (Å²) in [6.45, 7) is 5.76. The van der Waals surface area contributed by atoms with Gasteiger partial charge in [0.15, 0.2) is 5.96 Å². The maximum absolute atomic E-state index is 10.7. The Morgan fingerprint density at radius 2 is 2.44 bits per heavy atom. The molecule has 1 fully saturated rings. The van der Waals surface area contributed by atoms with Crippen LogP contribution in [0.3, 0.4) is 0 Å². The molecule has 2 rings (SSSR count). The first-order chi connectivity index (χ1) is 12.1. The van der Waals surface area contributed by atoms with Crippen LogP contribution in [0.5, 0.6) is 0 Å². The van der Waals surface area contributed by atoms with E-state index in [1.54, 1.807) is 0 Å². The molecule has 3 N–H and O–H groups in total. The molecular formula is C15H26N6O4. The van der Waals surface area contributed by atoms with Crippen LogP contribution in [0, 0.1) is 15.5 Å². The number of rotatable bonds is 9. The van der Waals surface area contributed by atoms with E-state index >= 15 is 0 Å². The first kappa shape index (κ1) is 19.1. The molecule has 1 saturated heterocycles. The van der Waals surface area contributed by atoms with E-state index in [0.29, 0.717) is 45.2 Å². The van der Waals surface area contributed by atoms with Crippen molar-refractivity contribution >= 4 is 11.6 Å². The van der Waals surface area contributed by atoms with Crippen LogP contribution in [0.15, 0.2) is 17.4 Å². The summed E-state index contributed by atoms with van der Waals surface area (Å²) in [7, 11) is 0. The van der Waals surface area contributed by atoms with Crippen molar-refractivity contribution in [3.63, 3.8) is 0 Å². The Hall–Kier alpha value is -2.20. The lowest BCUT2D eigenvalue weighted by Gasteiger charge is -2.24. The van der Waals surface area contributed by atoms with Crippen molar-refractivity contribution < 1.29 is 14.8 Å². The monoisotopic (exact) mass is 354 g/mol. The van der Waals surface area contributed by atoms with E-state index in [9.17, 15) is 15.2 Å². The quantitative estimate of drug-likeness (QED) is 0.249. The number of guanidine groups is 1. The highest BCUT2D eigenvalue weighted by Gasteiger charge is 2.34. The highest BCUT2D eigenvalue weighted by atomic mass is 16.6. The third-order valence-corrected chi connectivity index (χ3v) is 4.21. The summed E-state index contributed by atoms with van der Waals surface area (Å²) in [5.74, 6) is 0.674. The number of hydrogen-bond acceptors (Lipinski definition) is 6. The molecule has 0 saturated carbocycles. The molecule has 0 aliphatic carbocycles. The van der Waals surface area contributed by atoms with Gasteiger partial charge >= 0.3 is 5.69 Å². The van der Waals surface area contributed by atoms with Crippen LogP contribution in [-0.4, -0.2) is 65.2 Å². The van der Waals surface area contributed by atoms with E-state index in [0.717, 1.165) is 13.0 Å². The van der Waals surface area contributed by atoms with Crippen LogP contribution in [0.4, 0.5) is 5.69 Å². The van der Waals surface area contributed by atoms with Crippen molar-refractivity contribution in [1.29, 1.82) is 0 Å². The van der Waals surface area contributed by atoms with Crippen molar-refractivity contribution in [2.75, 3.05) is 39.5 Å². The smallest absolute Gasteiger partial charge is 0.306 e. The van der Waals surface area contributed by atoms with Crippen LogP contribution in [-0.2, 0) is 11.3 Å². The van der Waals surface area contributed by atoms with Gasteiger partial charge in [0.25, 0.3) is 0 Å².